The summed E-state index contributed by atoms with van der Waals surface area (Å²) in [6.07, 6.45) is 5.76. The first-order chi connectivity index (χ1) is 21.7. The molecule has 2 aliphatic rings. The zero-order valence-corrected chi connectivity index (χ0v) is 25.6. The second-order valence-electron chi connectivity index (χ2n) is 11.1. The first-order valence-corrected chi connectivity index (χ1v) is 16.0. The summed E-state index contributed by atoms with van der Waals surface area (Å²) in [5.41, 5.74) is 7.80. The molecule has 0 amide bonds. The fraction of sp³-hybridized carbons (Fsp3) is 0.226. The number of fused-ring (bicyclic) bond motifs is 2. The van der Waals surface area contributed by atoms with Gasteiger partial charge in [-0.1, -0.05) is 0 Å². The SMILES string of the molecule is Cc1cc(Nc2cnc3c(c2)NC(c2ccc(Nc4cc(C)nc5ccc(N6CCC6)cc45)nc2)N3COP(=O)(O)O)ccn1. The summed E-state index contributed by atoms with van der Waals surface area (Å²) in [4.78, 5) is 41.1. The molecule has 0 aliphatic carbocycles. The maximum atomic E-state index is 11.6. The Balaban J connectivity index is 1.14. The number of phosphoric ester groups is 1. The van der Waals surface area contributed by atoms with E-state index in [-0.39, 0.29) is 6.73 Å². The third-order valence-corrected chi connectivity index (χ3v) is 8.25. The fourth-order valence-electron chi connectivity index (χ4n) is 5.53. The first kappa shape index (κ1) is 28.9. The zero-order chi connectivity index (χ0) is 31.1. The van der Waals surface area contributed by atoms with Crippen molar-refractivity contribution in [3.63, 3.8) is 0 Å². The third kappa shape index (κ3) is 6.24. The number of pyridine rings is 4. The van der Waals surface area contributed by atoms with Crippen molar-refractivity contribution < 1.29 is 18.9 Å². The summed E-state index contributed by atoms with van der Waals surface area (Å²) in [6.45, 7) is 5.61. The Kier molecular flexibility index (Phi) is 7.46. The van der Waals surface area contributed by atoms with Gasteiger partial charge in [-0.25, -0.2) is 14.5 Å². The highest BCUT2D eigenvalue weighted by atomic mass is 31.2. The molecule has 1 fully saturated rings. The smallest absolute Gasteiger partial charge is 0.371 e. The van der Waals surface area contributed by atoms with E-state index < -0.39 is 14.0 Å². The molecular weight excluding hydrogens is 593 g/mol. The van der Waals surface area contributed by atoms with Crippen molar-refractivity contribution in [2.24, 2.45) is 0 Å². The summed E-state index contributed by atoms with van der Waals surface area (Å²) < 4.78 is 16.5. The molecule has 230 valence electrons. The largest absolute Gasteiger partial charge is 0.471 e. The number of aromatic nitrogens is 4. The molecule has 4 aromatic heterocycles. The van der Waals surface area contributed by atoms with Crippen LogP contribution in [0.4, 0.5) is 40.1 Å². The Morgan fingerprint density at radius 1 is 0.956 bits per heavy atom. The molecule has 5 aromatic rings. The van der Waals surface area contributed by atoms with Gasteiger partial charge in [-0.3, -0.25) is 14.5 Å². The Hall–Kier alpha value is -4.81. The Bertz CT molecular complexity index is 1930. The minimum atomic E-state index is -4.74. The third-order valence-electron chi connectivity index (χ3n) is 7.80. The van der Waals surface area contributed by atoms with Crippen molar-refractivity contribution in [3.8, 4) is 0 Å². The molecule has 1 atom stereocenters. The van der Waals surface area contributed by atoms with Crippen LogP contribution in [0.1, 0.15) is 29.5 Å². The Morgan fingerprint density at radius 3 is 2.56 bits per heavy atom. The lowest BCUT2D eigenvalue weighted by molar-refractivity contribution is 0.193. The van der Waals surface area contributed by atoms with Gasteiger partial charge in [0.15, 0.2) is 5.82 Å². The molecule has 1 aromatic carbocycles. The first-order valence-electron chi connectivity index (χ1n) is 14.5. The van der Waals surface area contributed by atoms with Crippen LogP contribution in [0.25, 0.3) is 10.9 Å². The summed E-state index contributed by atoms with van der Waals surface area (Å²) in [5.74, 6) is 1.13. The molecule has 0 radical (unpaired) electrons. The van der Waals surface area contributed by atoms with Crippen LogP contribution < -0.4 is 25.8 Å². The van der Waals surface area contributed by atoms with Gasteiger partial charge in [0.25, 0.3) is 0 Å². The lowest BCUT2D eigenvalue weighted by Crippen LogP contribution is -2.36. The van der Waals surface area contributed by atoms with Gasteiger partial charge >= 0.3 is 7.82 Å². The number of hydrogen-bond donors (Lipinski definition) is 5. The van der Waals surface area contributed by atoms with E-state index in [9.17, 15) is 14.4 Å². The number of nitrogens with zero attached hydrogens (tertiary/aromatic N) is 6. The minimum absolute atomic E-state index is 0.389. The highest BCUT2D eigenvalue weighted by Gasteiger charge is 2.33. The fourth-order valence-corrected chi connectivity index (χ4v) is 5.81. The van der Waals surface area contributed by atoms with Gasteiger partial charge in [-0.05, 0) is 74.9 Å². The molecule has 14 heteroatoms. The second-order valence-corrected chi connectivity index (χ2v) is 12.4. The summed E-state index contributed by atoms with van der Waals surface area (Å²) in [6, 6.07) is 17.8. The van der Waals surface area contributed by atoms with E-state index in [1.807, 2.05) is 50.2 Å². The average Bonchev–Trinajstić information content (AvgIpc) is 3.33. The zero-order valence-electron chi connectivity index (χ0n) is 24.7. The van der Waals surface area contributed by atoms with Crippen LogP contribution in [0.3, 0.4) is 0 Å². The van der Waals surface area contributed by atoms with Gasteiger partial charge in [0.1, 0.15) is 18.7 Å². The molecule has 6 heterocycles. The van der Waals surface area contributed by atoms with Crippen LogP contribution >= 0.6 is 7.82 Å². The van der Waals surface area contributed by atoms with Crippen LogP contribution in [0.2, 0.25) is 0 Å². The maximum Gasteiger partial charge on any atom is 0.471 e. The molecule has 45 heavy (non-hydrogen) atoms. The molecule has 1 unspecified atom stereocenters. The highest BCUT2D eigenvalue weighted by Crippen LogP contribution is 2.44. The van der Waals surface area contributed by atoms with E-state index in [2.05, 4.69) is 54.0 Å². The molecular formula is C31H32N9O4P. The van der Waals surface area contributed by atoms with Gasteiger partial charge in [0.2, 0.25) is 0 Å². The lowest BCUT2D eigenvalue weighted by atomic mass is 10.1. The molecule has 2 aliphatic heterocycles. The van der Waals surface area contributed by atoms with Crippen LogP contribution in [-0.4, -0.2) is 49.5 Å². The van der Waals surface area contributed by atoms with E-state index in [0.717, 1.165) is 58.0 Å². The predicted molar refractivity (Wildman–Crippen MR) is 174 cm³/mol. The number of nitrogens with one attached hydrogen (secondary N) is 3. The van der Waals surface area contributed by atoms with Crippen molar-refractivity contribution >= 4 is 58.8 Å². The van der Waals surface area contributed by atoms with Crippen LogP contribution in [0.5, 0.6) is 0 Å². The molecule has 7 rings (SSSR count). The van der Waals surface area contributed by atoms with E-state index >= 15 is 0 Å². The molecule has 5 N–H and O–H groups in total. The molecule has 13 nitrogen and oxygen atoms in total. The molecule has 0 bridgehead atoms. The van der Waals surface area contributed by atoms with Crippen molar-refractivity contribution in [1.82, 2.24) is 19.9 Å². The van der Waals surface area contributed by atoms with Crippen LogP contribution in [0.15, 0.2) is 73.2 Å². The number of benzene rings is 1. The van der Waals surface area contributed by atoms with Crippen molar-refractivity contribution in [2.75, 3.05) is 45.6 Å². The number of aryl methyl sites for hydroxylation is 2. The van der Waals surface area contributed by atoms with Gasteiger partial charge < -0.3 is 35.5 Å². The van der Waals surface area contributed by atoms with Crippen molar-refractivity contribution in [3.05, 3.63) is 90.1 Å². The summed E-state index contributed by atoms with van der Waals surface area (Å²) in [5, 5.41) is 11.2. The highest BCUT2D eigenvalue weighted by molar-refractivity contribution is 7.46. The van der Waals surface area contributed by atoms with E-state index in [1.54, 1.807) is 23.5 Å². The standard InChI is InChI=1S/C31H32N9O4P/c1-19-12-22(8-9-32-19)36-23-14-28-31(34-17-23)40(18-44-45(41,42)43)30(38-28)21-4-7-29(33-16-21)37-27-13-20(2)35-26-6-5-24(15-25(26)27)39-10-3-11-39/h4-9,12-17,30,38H,3,10-11,18H2,1-2H3,(H,32,36)(H,33,35,37)(H2,41,42,43). The number of rotatable bonds is 9. The van der Waals surface area contributed by atoms with Gasteiger partial charge in [-0.15, -0.1) is 0 Å². The van der Waals surface area contributed by atoms with Crippen LogP contribution in [0, 0.1) is 13.8 Å². The predicted octanol–water partition coefficient (Wildman–Crippen LogP) is 5.73. The van der Waals surface area contributed by atoms with Gasteiger partial charge in [0, 0.05) is 59.2 Å². The molecule has 0 saturated carbocycles. The van der Waals surface area contributed by atoms with Crippen molar-refractivity contribution in [1.29, 1.82) is 0 Å². The number of phosphoric acid groups is 1. The average molecular weight is 626 g/mol. The molecule has 0 spiro atoms. The Morgan fingerprint density at radius 2 is 1.82 bits per heavy atom. The second kappa shape index (κ2) is 11.6. The quantitative estimate of drug-likeness (QED) is 0.126. The summed E-state index contributed by atoms with van der Waals surface area (Å²) in [7, 11) is -4.74. The topological polar surface area (TPSA) is 161 Å². The molecule has 1 saturated heterocycles. The van der Waals surface area contributed by atoms with Gasteiger partial charge in [-0.2, -0.15) is 0 Å². The Labute approximate surface area is 259 Å². The van der Waals surface area contributed by atoms with E-state index in [0.29, 0.717) is 17.3 Å². The minimum Gasteiger partial charge on any atom is -0.371 e. The number of hydrogen-bond acceptors (Lipinski definition) is 11. The lowest BCUT2D eigenvalue weighted by Gasteiger charge is -2.33. The summed E-state index contributed by atoms with van der Waals surface area (Å²) >= 11 is 0. The normalized spacial score (nSPS) is 15.9. The van der Waals surface area contributed by atoms with Gasteiger partial charge in [0.05, 0.1) is 28.8 Å². The van der Waals surface area contributed by atoms with E-state index in [4.69, 9.17) is 9.51 Å². The van der Waals surface area contributed by atoms with Crippen molar-refractivity contribution in [2.45, 2.75) is 26.4 Å². The van der Waals surface area contributed by atoms with E-state index in [1.165, 1.54) is 12.1 Å². The number of anilines is 7. The van der Waals surface area contributed by atoms with Crippen LogP contribution in [-0.2, 0) is 9.09 Å². The monoisotopic (exact) mass is 625 g/mol. The maximum absolute atomic E-state index is 11.6.